The molecule has 2 unspecified atom stereocenters. The Bertz CT molecular complexity index is 480. The number of carbonyl (C=O) groups is 1. The quantitative estimate of drug-likeness (QED) is 0.437. The molecule has 1 aromatic rings. The lowest BCUT2D eigenvalue weighted by Crippen LogP contribution is -2.38. The highest BCUT2D eigenvalue weighted by atomic mass is 28.4. The molecular weight excluding hydrogens is 296 g/mol. The molecule has 5 heteroatoms. The van der Waals surface area contributed by atoms with Gasteiger partial charge in [0.15, 0.2) is 17.4 Å². The number of ether oxygens (including phenoxy) is 1. The monoisotopic (exact) mass is 322 g/mol. The molecule has 0 spiro atoms. The Morgan fingerprint density at radius 1 is 1.29 bits per heavy atom. The highest BCUT2D eigenvalue weighted by Gasteiger charge is 2.28. The minimum absolute atomic E-state index is 0.168. The highest BCUT2D eigenvalue weighted by molar-refractivity contribution is 6.77. The zero-order valence-corrected chi connectivity index (χ0v) is 15.8. The number of rotatable bonds is 7. The molecular formula is C16H26O3Si2. The number of hydrogen-bond acceptors (Lipinski definition) is 3. The van der Waals surface area contributed by atoms with Crippen LogP contribution in [0.5, 0.6) is 0 Å². The van der Waals surface area contributed by atoms with E-state index in [1.165, 1.54) is 5.56 Å². The maximum atomic E-state index is 11.6. The molecule has 0 heterocycles. The van der Waals surface area contributed by atoms with Crippen LogP contribution in [0.2, 0.25) is 26.2 Å². The van der Waals surface area contributed by atoms with Gasteiger partial charge in [-0.25, -0.2) is 4.79 Å². The highest BCUT2D eigenvalue weighted by Crippen LogP contribution is 2.23. The number of carbonyl (C=O) groups excluding carboxylic acids is 1. The number of benzene rings is 1. The van der Waals surface area contributed by atoms with E-state index in [4.69, 9.17) is 8.85 Å². The predicted molar refractivity (Wildman–Crippen MR) is 92.4 cm³/mol. The molecule has 0 aliphatic carbocycles. The normalized spacial score (nSPS) is 14.3. The first kappa shape index (κ1) is 17.9. The van der Waals surface area contributed by atoms with Crippen LogP contribution in [0.4, 0.5) is 0 Å². The van der Waals surface area contributed by atoms with E-state index in [9.17, 15) is 4.79 Å². The van der Waals surface area contributed by atoms with Gasteiger partial charge in [-0.05, 0) is 38.7 Å². The summed E-state index contributed by atoms with van der Waals surface area (Å²) in [5.74, 6) is -0.329. The second kappa shape index (κ2) is 7.72. The molecule has 1 aromatic carbocycles. The average Bonchev–Trinajstić information content (AvgIpc) is 2.37. The lowest BCUT2D eigenvalue weighted by molar-refractivity contribution is -0.139. The smallest absolute Gasteiger partial charge is 0.333 e. The average molecular weight is 323 g/mol. The maximum Gasteiger partial charge on any atom is 0.333 e. The van der Waals surface area contributed by atoms with Crippen LogP contribution in [-0.2, 0) is 13.6 Å². The van der Waals surface area contributed by atoms with E-state index in [0.29, 0.717) is 12.2 Å². The van der Waals surface area contributed by atoms with Crippen molar-refractivity contribution in [3.63, 3.8) is 0 Å². The second-order valence-corrected chi connectivity index (χ2v) is 13.7. The van der Waals surface area contributed by atoms with Crippen LogP contribution in [0.15, 0.2) is 42.5 Å². The van der Waals surface area contributed by atoms with Crippen molar-refractivity contribution < 1.29 is 13.6 Å². The van der Waals surface area contributed by atoms with Gasteiger partial charge in [0.25, 0.3) is 0 Å². The molecule has 21 heavy (non-hydrogen) atoms. The van der Waals surface area contributed by atoms with Gasteiger partial charge in [0.05, 0.1) is 6.61 Å². The lowest BCUT2D eigenvalue weighted by atomic mass is 10.1. The van der Waals surface area contributed by atoms with Gasteiger partial charge >= 0.3 is 5.97 Å². The summed E-state index contributed by atoms with van der Waals surface area (Å²) in [6.07, 6.45) is 0. The number of hydrogen-bond donors (Lipinski definition) is 0. The predicted octanol–water partition coefficient (Wildman–Crippen LogP) is 3.63. The Kier molecular flexibility index (Phi) is 6.57. The van der Waals surface area contributed by atoms with Crippen molar-refractivity contribution in [3.05, 3.63) is 48.0 Å². The summed E-state index contributed by atoms with van der Waals surface area (Å²) in [6, 6.07) is 10.2. The topological polar surface area (TPSA) is 35.5 Å². The van der Waals surface area contributed by atoms with Crippen LogP contribution in [-0.4, -0.2) is 29.9 Å². The fraction of sp³-hybridized carbons (Fsp3) is 0.438. The molecule has 2 atom stereocenters. The van der Waals surface area contributed by atoms with Crippen LogP contribution in [0.3, 0.4) is 0 Å². The van der Waals surface area contributed by atoms with Gasteiger partial charge in [-0.1, -0.05) is 36.9 Å². The van der Waals surface area contributed by atoms with E-state index >= 15 is 0 Å². The van der Waals surface area contributed by atoms with Crippen LogP contribution in [0, 0.1) is 0 Å². The van der Waals surface area contributed by atoms with E-state index in [2.05, 4.69) is 44.9 Å². The molecule has 0 aliphatic heterocycles. The van der Waals surface area contributed by atoms with E-state index in [1.807, 2.05) is 18.2 Å². The van der Waals surface area contributed by atoms with Gasteiger partial charge in [0.2, 0.25) is 0 Å². The molecule has 1 rings (SSSR count). The SMILES string of the molecule is C=C(C)C(=O)OCC(c1ccccc1)[SiH](C)O[Si](C)(C)C. The Morgan fingerprint density at radius 3 is 2.33 bits per heavy atom. The first-order valence-electron chi connectivity index (χ1n) is 7.26. The van der Waals surface area contributed by atoms with Gasteiger partial charge in [0, 0.05) is 11.1 Å². The molecule has 0 bridgehead atoms. The largest absolute Gasteiger partial charge is 0.462 e. The van der Waals surface area contributed by atoms with Crippen molar-refractivity contribution in [2.45, 2.75) is 38.7 Å². The van der Waals surface area contributed by atoms with E-state index in [0.717, 1.165) is 0 Å². The second-order valence-electron chi connectivity index (χ2n) is 6.33. The summed E-state index contributed by atoms with van der Waals surface area (Å²) in [6.45, 7) is 14.4. The van der Waals surface area contributed by atoms with Crippen molar-refractivity contribution in [3.8, 4) is 0 Å². The van der Waals surface area contributed by atoms with Crippen molar-refractivity contribution in [2.24, 2.45) is 0 Å². The third kappa shape index (κ3) is 6.41. The zero-order valence-electron chi connectivity index (χ0n) is 13.7. The van der Waals surface area contributed by atoms with Crippen LogP contribution < -0.4 is 0 Å². The number of esters is 1. The third-order valence-electron chi connectivity index (χ3n) is 3.08. The van der Waals surface area contributed by atoms with Gasteiger partial charge in [0.1, 0.15) is 0 Å². The van der Waals surface area contributed by atoms with Crippen molar-refractivity contribution in [1.29, 1.82) is 0 Å². The minimum atomic E-state index is -1.59. The summed E-state index contributed by atoms with van der Waals surface area (Å²) in [5.41, 5.74) is 1.79. The van der Waals surface area contributed by atoms with Gasteiger partial charge in [-0.2, -0.15) is 0 Å². The summed E-state index contributed by atoms with van der Waals surface area (Å²) < 4.78 is 11.7. The summed E-state index contributed by atoms with van der Waals surface area (Å²) in [4.78, 5) is 11.6. The van der Waals surface area contributed by atoms with E-state index in [1.54, 1.807) is 6.92 Å². The van der Waals surface area contributed by atoms with Crippen molar-refractivity contribution >= 4 is 23.3 Å². The van der Waals surface area contributed by atoms with Crippen molar-refractivity contribution in [2.75, 3.05) is 6.61 Å². The molecule has 0 aliphatic rings. The van der Waals surface area contributed by atoms with Crippen LogP contribution in [0.1, 0.15) is 18.0 Å². The zero-order chi connectivity index (χ0) is 16.0. The molecule has 0 radical (unpaired) electrons. The fourth-order valence-corrected chi connectivity index (χ4v) is 8.38. The Balaban J connectivity index is 2.85. The fourth-order valence-electron chi connectivity index (χ4n) is 2.13. The first-order chi connectivity index (χ1) is 9.70. The van der Waals surface area contributed by atoms with E-state index in [-0.39, 0.29) is 11.5 Å². The van der Waals surface area contributed by atoms with Gasteiger partial charge in [-0.3, -0.25) is 0 Å². The first-order valence-corrected chi connectivity index (χ1v) is 13.0. The summed E-state index contributed by atoms with van der Waals surface area (Å²) >= 11 is 0. The Hall–Kier alpha value is -1.18. The molecule has 0 fully saturated rings. The van der Waals surface area contributed by atoms with Gasteiger partial charge in [-0.15, -0.1) is 0 Å². The molecule has 0 amide bonds. The van der Waals surface area contributed by atoms with Crippen LogP contribution in [0.25, 0.3) is 0 Å². The molecule has 0 saturated heterocycles. The van der Waals surface area contributed by atoms with E-state index < -0.39 is 17.4 Å². The maximum absolute atomic E-state index is 11.6. The standard InChI is InChI=1S/C16H26O3Si2/c1-13(2)16(17)18-12-15(14-10-8-7-9-11-14)20(3)19-21(4,5)6/h7-11,15,20H,1,12H2,2-6H3. The molecule has 0 N–H and O–H groups in total. The third-order valence-corrected chi connectivity index (χ3v) is 9.10. The molecule has 116 valence electrons. The minimum Gasteiger partial charge on any atom is -0.462 e. The van der Waals surface area contributed by atoms with Crippen LogP contribution >= 0.6 is 0 Å². The summed E-state index contributed by atoms with van der Waals surface area (Å²) in [5, 5.41) is 0. The molecule has 0 aromatic heterocycles. The lowest BCUT2D eigenvalue weighted by Gasteiger charge is -2.29. The Morgan fingerprint density at radius 2 is 1.86 bits per heavy atom. The molecule has 0 saturated carbocycles. The van der Waals surface area contributed by atoms with Crippen molar-refractivity contribution in [1.82, 2.24) is 0 Å². The molecule has 3 nitrogen and oxygen atoms in total. The Labute approximate surface area is 130 Å². The summed E-state index contributed by atoms with van der Waals surface area (Å²) in [7, 11) is -3.09. The van der Waals surface area contributed by atoms with Gasteiger partial charge < -0.3 is 8.85 Å².